The molecule has 1 saturated heterocycles. The maximum absolute atomic E-state index is 8.65. The molecular formula is C7H16N2O. The summed E-state index contributed by atoms with van der Waals surface area (Å²) in [5.74, 6) is 0. The highest BCUT2D eigenvalue weighted by Gasteiger charge is 2.08. The van der Waals surface area contributed by atoms with Gasteiger partial charge in [0.2, 0.25) is 0 Å². The molecule has 1 atom stereocenters. The summed E-state index contributed by atoms with van der Waals surface area (Å²) in [5.41, 5.74) is 0. The van der Waals surface area contributed by atoms with E-state index in [1.54, 1.807) is 0 Å². The predicted octanol–water partition coefficient (Wildman–Crippen LogP) is -0.680. The van der Waals surface area contributed by atoms with E-state index in [1.165, 1.54) is 0 Å². The van der Waals surface area contributed by atoms with Gasteiger partial charge in [0.25, 0.3) is 0 Å². The van der Waals surface area contributed by atoms with Crippen LogP contribution in [-0.4, -0.2) is 37.4 Å². The molecule has 0 bridgehead atoms. The van der Waals surface area contributed by atoms with Crippen molar-refractivity contribution in [2.45, 2.75) is 18.9 Å². The summed E-state index contributed by atoms with van der Waals surface area (Å²) in [4.78, 5) is 0. The Labute approximate surface area is 61.8 Å². The molecule has 1 aliphatic rings. The summed E-state index contributed by atoms with van der Waals surface area (Å²) in [7, 11) is 0. The molecule has 1 unspecified atom stereocenters. The van der Waals surface area contributed by atoms with E-state index in [4.69, 9.17) is 5.11 Å². The quantitative estimate of drug-likeness (QED) is 0.481. The van der Waals surface area contributed by atoms with Gasteiger partial charge in [-0.1, -0.05) is 0 Å². The Morgan fingerprint density at radius 1 is 1.30 bits per heavy atom. The van der Waals surface area contributed by atoms with Gasteiger partial charge in [0.1, 0.15) is 0 Å². The molecule has 0 aromatic carbocycles. The fraction of sp³-hybridized carbons (Fsp3) is 1.00. The first kappa shape index (κ1) is 7.98. The van der Waals surface area contributed by atoms with Crippen molar-refractivity contribution in [3.05, 3.63) is 0 Å². The summed E-state index contributed by atoms with van der Waals surface area (Å²) < 4.78 is 0. The Kier molecular flexibility index (Phi) is 3.72. The summed E-state index contributed by atoms with van der Waals surface area (Å²) in [6, 6.07) is 0.528. The van der Waals surface area contributed by atoms with Crippen LogP contribution < -0.4 is 10.6 Å². The van der Waals surface area contributed by atoms with Crippen LogP contribution in [0.5, 0.6) is 0 Å². The van der Waals surface area contributed by atoms with Gasteiger partial charge in [0.15, 0.2) is 0 Å². The fourth-order valence-electron chi connectivity index (χ4n) is 1.27. The van der Waals surface area contributed by atoms with Crippen molar-refractivity contribution in [2.24, 2.45) is 0 Å². The first-order valence-corrected chi connectivity index (χ1v) is 3.98. The second-order valence-electron chi connectivity index (χ2n) is 2.70. The minimum Gasteiger partial charge on any atom is -0.396 e. The summed E-state index contributed by atoms with van der Waals surface area (Å²) in [5, 5.41) is 15.3. The van der Waals surface area contributed by atoms with Crippen LogP contribution in [0, 0.1) is 0 Å². The number of aliphatic hydroxyl groups excluding tert-OH is 1. The third-order valence-corrected chi connectivity index (χ3v) is 1.88. The second-order valence-corrected chi connectivity index (χ2v) is 2.70. The number of hydrogen-bond donors (Lipinski definition) is 3. The lowest BCUT2D eigenvalue weighted by atomic mass is 10.1. The Morgan fingerprint density at radius 2 is 2.20 bits per heavy atom. The first-order valence-electron chi connectivity index (χ1n) is 3.98. The molecule has 3 heteroatoms. The molecule has 0 spiro atoms. The molecule has 1 aliphatic heterocycles. The largest absolute Gasteiger partial charge is 0.396 e. The zero-order valence-corrected chi connectivity index (χ0v) is 6.27. The average Bonchev–Trinajstić information content (AvgIpc) is 2.17. The van der Waals surface area contributed by atoms with Gasteiger partial charge in [-0.2, -0.15) is 0 Å². The van der Waals surface area contributed by atoms with Crippen LogP contribution in [-0.2, 0) is 0 Å². The van der Waals surface area contributed by atoms with Crippen LogP contribution in [0.4, 0.5) is 0 Å². The fourth-order valence-corrected chi connectivity index (χ4v) is 1.27. The Bertz CT molecular complexity index is 79.7. The molecule has 0 aromatic heterocycles. The first-order chi connectivity index (χ1) is 4.93. The van der Waals surface area contributed by atoms with Crippen molar-refractivity contribution in [2.75, 3.05) is 26.2 Å². The van der Waals surface area contributed by atoms with Crippen LogP contribution in [0.15, 0.2) is 0 Å². The topological polar surface area (TPSA) is 44.3 Å². The highest BCUT2D eigenvalue weighted by molar-refractivity contribution is 4.71. The third kappa shape index (κ3) is 2.64. The number of hydrogen-bond acceptors (Lipinski definition) is 3. The van der Waals surface area contributed by atoms with Crippen LogP contribution >= 0.6 is 0 Å². The standard InChI is InChI=1S/C7H16N2O/c10-6-2-7-1-3-8-4-5-9-7/h7-10H,1-6H2. The van der Waals surface area contributed by atoms with Gasteiger partial charge in [-0.3, -0.25) is 0 Å². The summed E-state index contributed by atoms with van der Waals surface area (Å²) in [6.07, 6.45) is 2.03. The van der Waals surface area contributed by atoms with Crippen LogP contribution in [0.2, 0.25) is 0 Å². The van der Waals surface area contributed by atoms with Crippen molar-refractivity contribution < 1.29 is 5.11 Å². The molecule has 0 saturated carbocycles. The van der Waals surface area contributed by atoms with Gasteiger partial charge >= 0.3 is 0 Å². The van der Waals surface area contributed by atoms with Gasteiger partial charge < -0.3 is 15.7 Å². The Morgan fingerprint density at radius 3 is 3.00 bits per heavy atom. The van der Waals surface area contributed by atoms with Crippen LogP contribution in [0.25, 0.3) is 0 Å². The lowest BCUT2D eigenvalue weighted by molar-refractivity contribution is 0.264. The second kappa shape index (κ2) is 4.66. The predicted molar refractivity (Wildman–Crippen MR) is 41.0 cm³/mol. The zero-order valence-electron chi connectivity index (χ0n) is 6.27. The van der Waals surface area contributed by atoms with E-state index in [0.29, 0.717) is 12.6 Å². The van der Waals surface area contributed by atoms with E-state index in [0.717, 1.165) is 32.5 Å². The van der Waals surface area contributed by atoms with E-state index in [-0.39, 0.29) is 0 Å². The minimum absolute atomic E-state index is 0.303. The normalized spacial score (nSPS) is 27.9. The lowest BCUT2D eigenvalue weighted by Crippen LogP contribution is -2.30. The van der Waals surface area contributed by atoms with Crippen molar-refractivity contribution >= 4 is 0 Å². The lowest BCUT2D eigenvalue weighted by Gasteiger charge is -2.12. The molecule has 3 N–H and O–H groups in total. The monoisotopic (exact) mass is 144 g/mol. The van der Waals surface area contributed by atoms with Crippen molar-refractivity contribution in [1.29, 1.82) is 0 Å². The molecule has 10 heavy (non-hydrogen) atoms. The summed E-state index contributed by atoms with van der Waals surface area (Å²) in [6.45, 7) is 3.47. The van der Waals surface area contributed by atoms with Gasteiger partial charge in [-0.05, 0) is 19.4 Å². The van der Waals surface area contributed by atoms with E-state index in [1.807, 2.05) is 0 Å². The molecular weight excluding hydrogens is 128 g/mol. The summed E-state index contributed by atoms with van der Waals surface area (Å²) >= 11 is 0. The third-order valence-electron chi connectivity index (χ3n) is 1.88. The maximum Gasteiger partial charge on any atom is 0.0445 e. The molecule has 1 heterocycles. The van der Waals surface area contributed by atoms with Gasteiger partial charge in [-0.25, -0.2) is 0 Å². The SMILES string of the molecule is OCCC1CCNCCN1. The molecule has 60 valence electrons. The molecule has 0 aliphatic carbocycles. The van der Waals surface area contributed by atoms with Crippen molar-refractivity contribution in [1.82, 2.24) is 10.6 Å². The number of rotatable bonds is 2. The van der Waals surface area contributed by atoms with Crippen molar-refractivity contribution in [3.63, 3.8) is 0 Å². The number of nitrogens with one attached hydrogen (secondary N) is 2. The molecule has 0 amide bonds. The zero-order chi connectivity index (χ0) is 7.23. The molecule has 1 rings (SSSR count). The van der Waals surface area contributed by atoms with Crippen molar-refractivity contribution in [3.8, 4) is 0 Å². The minimum atomic E-state index is 0.303. The van der Waals surface area contributed by atoms with E-state index < -0.39 is 0 Å². The molecule has 3 nitrogen and oxygen atoms in total. The molecule has 0 radical (unpaired) electrons. The van der Waals surface area contributed by atoms with Crippen LogP contribution in [0.1, 0.15) is 12.8 Å². The highest BCUT2D eigenvalue weighted by Crippen LogP contribution is 1.97. The Balaban J connectivity index is 2.15. The van der Waals surface area contributed by atoms with E-state index in [2.05, 4.69) is 10.6 Å². The molecule has 1 fully saturated rings. The maximum atomic E-state index is 8.65. The average molecular weight is 144 g/mol. The van der Waals surface area contributed by atoms with E-state index in [9.17, 15) is 0 Å². The van der Waals surface area contributed by atoms with Crippen LogP contribution in [0.3, 0.4) is 0 Å². The van der Waals surface area contributed by atoms with E-state index >= 15 is 0 Å². The van der Waals surface area contributed by atoms with Gasteiger partial charge in [0.05, 0.1) is 0 Å². The number of aliphatic hydroxyl groups is 1. The van der Waals surface area contributed by atoms with Gasteiger partial charge in [0, 0.05) is 25.7 Å². The smallest absolute Gasteiger partial charge is 0.0445 e. The highest BCUT2D eigenvalue weighted by atomic mass is 16.3. The van der Waals surface area contributed by atoms with Gasteiger partial charge in [-0.15, -0.1) is 0 Å². The Hall–Kier alpha value is -0.120. The molecule has 0 aromatic rings.